The van der Waals surface area contributed by atoms with Gasteiger partial charge in [0.05, 0.1) is 5.60 Å². The minimum atomic E-state index is -0.526. The number of ether oxygens (including phenoxy) is 1. The van der Waals surface area contributed by atoms with E-state index in [0.717, 1.165) is 32.5 Å². The van der Waals surface area contributed by atoms with Crippen LogP contribution in [-0.4, -0.2) is 61.5 Å². The molecule has 17 heavy (non-hydrogen) atoms. The Hall–Kier alpha value is -0.160. The number of nitrogens with one attached hydrogen (secondary N) is 1. The van der Waals surface area contributed by atoms with Gasteiger partial charge in [-0.25, -0.2) is 0 Å². The zero-order valence-corrected chi connectivity index (χ0v) is 11.0. The van der Waals surface area contributed by atoms with Crippen LogP contribution in [0.25, 0.3) is 0 Å². The normalized spacial score (nSPS) is 29.5. The van der Waals surface area contributed by atoms with Crippen LogP contribution in [-0.2, 0) is 4.74 Å². The smallest absolute Gasteiger partial charge is 0.0817 e. The van der Waals surface area contributed by atoms with Crippen molar-refractivity contribution >= 4 is 0 Å². The molecule has 0 spiro atoms. The topological polar surface area (TPSA) is 44.7 Å². The fraction of sp³-hybridized carbons (Fsp3) is 1.00. The maximum atomic E-state index is 10.4. The van der Waals surface area contributed by atoms with Crippen molar-refractivity contribution in [3.8, 4) is 0 Å². The predicted octanol–water partition coefficient (Wildman–Crippen LogP) is 0.602. The van der Waals surface area contributed by atoms with Gasteiger partial charge < -0.3 is 20.1 Å². The van der Waals surface area contributed by atoms with Crippen molar-refractivity contribution in [2.45, 2.75) is 43.7 Å². The van der Waals surface area contributed by atoms with Crippen molar-refractivity contribution in [2.75, 3.05) is 39.9 Å². The lowest BCUT2D eigenvalue weighted by Crippen LogP contribution is -2.49. The van der Waals surface area contributed by atoms with Gasteiger partial charge in [0.25, 0.3) is 0 Å². The molecule has 0 radical (unpaired) electrons. The number of rotatable bonds is 4. The lowest BCUT2D eigenvalue weighted by molar-refractivity contribution is -0.0776. The molecule has 0 bridgehead atoms. The Morgan fingerprint density at radius 2 is 2.12 bits per heavy atom. The Kier molecular flexibility index (Phi) is 4.79. The van der Waals surface area contributed by atoms with E-state index in [9.17, 15) is 5.11 Å². The first-order valence-corrected chi connectivity index (χ1v) is 6.90. The highest BCUT2D eigenvalue weighted by molar-refractivity contribution is 4.85. The molecule has 0 aliphatic carbocycles. The molecule has 0 aromatic rings. The number of hydrogen-bond donors (Lipinski definition) is 2. The Morgan fingerprint density at radius 1 is 1.35 bits per heavy atom. The first kappa shape index (κ1) is 13.3. The standard InChI is InChI=1S/C13H26N2O2/c1-15(10-12-4-2-3-7-14-12)11-13(16)5-8-17-9-6-13/h12,14,16H,2-11H2,1H3. The quantitative estimate of drug-likeness (QED) is 0.758. The van der Waals surface area contributed by atoms with E-state index in [0.29, 0.717) is 19.3 Å². The number of hydrogen-bond acceptors (Lipinski definition) is 4. The maximum absolute atomic E-state index is 10.4. The highest BCUT2D eigenvalue weighted by Crippen LogP contribution is 2.21. The van der Waals surface area contributed by atoms with E-state index in [1.165, 1.54) is 19.3 Å². The summed E-state index contributed by atoms with van der Waals surface area (Å²) in [7, 11) is 2.11. The molecule has 0 aromatic carbocycles. The minimum absolute atomic E-state index is 0.526. The SMILES string of the molecule is CN(CC1CCCCN1)CC1(O)CCOCC1. The largest absolute Gasteiger partial charge is 0.388 e. The van der Waals surface area contributed by atoms with Crippen LogP contribution in [0.15, 0.2) is 0 Å². The number of piperidine rings is 1. The van der Waals surface area contributed by atoms with Gasteiger partial charge in [-0.1, -0.05) is 6.42 Å². The van der Waals surface area contributed by atoms with Crippen LogP contribution in [0.5, 0.6) is 0 Å². The third-order valence-electron chi connectivity index (χ3n) is 3.93. The van der Waals surface area contributed by atoms with Gasteiger partial charge in [0.15, 0.2) is 0 Å². The summed E-state index contributed by atoms with van der Waals surface area (Å²) < 4.78 is 5.31. The lowest BCUT2D eigenvalue weighted by atomic mass is 9.93. The fourth-order valence-electron chi connectivity index (χ4n) is 2.93. The summed E-state index contributed by atoms with van der Waals surface area (Å²) in [5.41, 5.74) is -0.526. The Balaban J connectivity index is 1.73. The molecule has 0 saturated carbocycles. The second-order valence-electron chi connectivity index (χ2n) is 5.68. The van der Waals surface area contributed by atoms with E-state index >= 15 is 0 Å². The Bertz CT molecular complexity index is 223. The Labute approximate surface area is 104 Å². The summed E-state index contributed by atoms with van der Waals surface area (Å²) in [6.45, 7) is 4.37. The molecule has 2 aliphatic rings. The van der Waals surface area contributed by atoms with Crippen molar-refractivity contribution in [1.82, 2.24) is 10.2 Å². The second-order valence-corrected chi connectivity index (χ2v) is 5.68. The van der Waals surface area contributed by atoms with Crippen LogP contribution < -0.4 is 5.32 Å². The maximum Gasteiger partial charge on any atom is 0.0817 e. The molecule has 1 atom stereocenters. The summed E-state index contributed by atoms with van der Waals surface area (Å²) in [4.78, 5) is 2.27. The number of aliphatic hydroxyl groups is 1. The van der Waals surface area contributed by atoms with E-state index in [-0.39, 0.29) is 0 Å². The van der Waals surface area contributed by atoms with Gasteiger partial charge in [-0.2, -0.15) is 0 Å². The third kappa shape index (κ3) is 4.21. The molecule has 2 rings (SSSR count). The zero-order chi connectivity index (χ0) is 12.1. The summed E-state index contributed by atoms with van der Waals surface area (Å²) in [6.07, 6.45) is 5.46. The lowest BCUT2D eigenvalue weighted by Gasteiger charge is -2.37. The van der Waals surface area contributed by atoms with Crippen molar-refractivity contribution in [3.63, 3.8) is 0 Å². The molecule has 2 heterocycles. The van der Waals surface area contributed by atoms with Crippen LogP contribution in [0.3, 0.4) is 0 Å². The van der Waals surface area contributed by atoms with Crippen molar-refractivity contribution < 1.29 is 9.84 Å². The van der Waals surface area contributed by atoms with E-state index < -0.39 is 5.60 Å². The summed E-state index contributed by atoms with van der Waals surface area (Å²) in [6, 6.07) is 0.609. The molecule has 0 amide bonds. The van der Waals surface area contributed by atoms with Crippen molar-refractivity contribution in [3.05, 3.63) is 0 Å². The third-order valence-corrected chi connectivity index (χ3v) is 3.93. The van der Waals surface area contributed by atoms with E-state index in [4.69, 9.17) is 4.74 Å². The summed E-state index contributed by atoms with van der Waals surface area (Å²) >= 11 is 0. The van der Waals surface area contributed by atoms with Crippen molar-refractivity contribution in [2.24, 2.45) is 0 Å². The van der Waals surface area contributed by atoms with Gasteiger partial charge in [-0.15, -0.1) is 0 Å². The van der Waals surface area contributed by atoms with Gasteiger partial charge in [-0.3, -0.25) is 0 Å². The average Bonchev–Trinajstić information content (AvgIpc) is 2.30. The number of nitrogens with zero attached hydrogens (tertiary/aromatic N) is 1. The summed E-state index contributed by atoms with van der Waals surface area (Å²) in [5.74, 6) is 0. The molecule has 2 fully saturated rings. The zero-order valence-electron chi connectivity index (χ0n) is 11.0. The first-order chi connectivity index (χ1) is 8.18. The van der Waals surface area contributed by atoms with Gasteiger partial charge in [0.1, 0.15) is 0 Å². The monoisotopic (exact) mass is 242 g/mol. The molecule has 2 aliphatic heterocycles. The average molecular weight is 242 g/mol. The van der Waals surface area contributed by atoms with Crippen LogP contribution in [0, 0.1) is 0 Å². The van der Waals surface area contributed by atoms with E-state index in [2.05, 4.69) is 17.3 Å². The number of likely N-dealkylation sites (N-methyl/N-ethyl adjacent to an activating group) is 1. The van der Waals surface area contributed by atoms with Crippen LogP contribution in [0.1, 0.15) is 32.1 Å². The molecule has 1 unspecified atom stereocenters. The van der Waals surface area contributed by atoms with E-state index in [1.807, 2.05) is 0 Å². The predicted molar refractivity (Wildman–Crippen MR) is 68.1 cm³/mol. The molecule has 2 saturated heterocycles. The molecule has 100 valence electrons. The second kappa shape index (κ2) is 6.14. The van der Waals surface area contributed by atoms with Crippen LogP contribution >= 0.6 is 0 Å². The summed E-state index contributed by atoms with van der Waals surface area (Å²) in [5, 5.41) is 14.0. The Morgan fingerprint density at radius 3 is 2.76 bits per heavy atom. The highest BCUT2D eigenvalue weighted by atomic mass is 16.5. The molecule has 2 N–H and O–H groups in total. The van der Waals surface area contributed by atoms with Gasteiger partial charge >= 0.3 is 0 Å². The molecule has 4 nitrogen and oxygen atoms in total. The molecular weight excluding hydrogens is 216 g/mol. The van der Waals surface area contributed by atoms with Gasteiger partial charge in [0.2, 0.25) is 0 Å². The van der Waals surface area contributed by atoms with Crippen molar-refractivity contribution in [1.29, 1.82) is 0 Å². The molecular formula is C13H26N2O2. The highest BCUT2D eigenvalue weighted by Gasteiger charge is 2.31. The van der Waals surface area contributed by atoms with Crippen LogP contribution in [0.2, 0.25) is 0 Å². The van der Waals surface area contributed by atoms with Gasteiger partial charge in [-0.05, 0) is 26.4 Å². The van der Waals surface area contributed by atoms with Gasteiger partial charge in [0, 0.05) is 45.2 Å². The molecule has 0 aromatic heterocycles. The molecule has 4 heteroatoms. The van der Waals surface area contributed by atoms with E-state index in [1.54, 1.807) is 0 Å². The first-order valence-electron chi connectivity index (χ1n) is 6.90. The minimum Gasteiger partial charge on any atom is -0.388 e. The van der Waals surface area contributed by atoms with Crippen LogP contribution in [0.4, 0.5) is 0 Å². The fourth-order valence-corrected chi connectivity index (χ4v) is 2.93.